The highest BCUT2D eigenvalue weighted by molar-refractivity contribution is 7.89. The first-order valence-corrected chi connectivity index (χ1v) is 10.3. The van der Waals surface area contributed by atoms with Crippen LogP contribution in [0.15, 0.2) is 39.8 Å². The highest BCUT2D eigenvalue weighted by Gasteiger charge is 2.40. The molecule has 11 heteroatoms. The summed E-state index contributed by atoms with van der Waals surface area (Å²) in [5.41, 5.74) is -0.205. The lowest BCUT2D eigenvalue weighted by Gasteiger charge is -2.23. The van der Waals surface area contributed by atoms with Crippen LogP contribution in [-0.4, -0.2) is 36.1 Å². The van der Waals surface area contributed by atoms with Crippen LogP contribution < -0.4 is 5.32 Å². The lowest BCUT2D eigenvalue weighted by Crippen LogP contribution is -2.45. The highest BCUT2D eigenvalue weighted by atomic mass is 35.5. The molecule has 2 aromatic rings. The van der Waals surface area contributed by atoms with E-state index in [4.69, 9.17) is 16.0 Å². The molecule has 1 atom stereocenters. The molecule has 3 rings (SSSR count). The molecule has 1 amide bonds. The summed E-state index contributed by atoms with van der Waals surface area (Å²) < 4.78 is 32.3. The van der Waals surface area contributed by atoms with Gasteiger partial charge in [0.05, 0.1) is 27.6 Å². The predicted molar refractivity (Wildman–Crippen MR) is 100 cm³/mol. The number of furan rings is 1. The van der Waals surface area contributed by atoms with Gasteiger partial charge in [-0.1, -0.05) is 11.6 Å². The minimum Gasteiger partial charge on any atom is -0.467 e. The molecule has 1 saturated heterocycles. The van der Waals surface area contributed by atoms with Gasteiger partial charge in [0.25, 0.3) is 5.69 Å². The van der Waals surface area contributed by atoms with Crippen LogP contribution in [0.4, 0.5) is 5.69 Å². The number of nitro benzene ring substituents is 1. The quantitative estimate of drug-likeness (QED) is 0.558. The van der Waals surface area contributed by atoms with Crippen molar-refractivity contribution in [1.82, 2.24) is 9.62 Å². The number of sulfonamides is 1. The maximum atomic E-state index is 13.1. The normalized spacial score (nSPS) is 17.6. The van der Waals surface area contributed by atoms with Crippen LogP contribution in [-0.2, 0) is 21.4 Å². The van der Waals surface area contributed by atoms with Crippen molar-refractivity contribution in [2.75, 3.05) is 6.54 Å². The second kappa shape index (κ2) is 7.90. The summed E-state index contributed by atoms with van der Waals surface area (Å²) in [5, 5.41) is 13.8. The molecular formula is C17H18ClN3O6S. The predicted octanol–water partition coefficient (Wildman–Crippen LogP) is 2.62. The van der Waals surface area contributed by atoms with Gasteiger partial charge in [0, 0.05) is 18.2 Å². The van der Waals surface area contributed by atoms with E-state index < -0.39 is 26.9 Å². The number of nitro groups is 1. The first kappa shape index (κ1) is 20.3. The first-order valence-electron chi connectivity index (χ1n) is 8.48. The zero-order valence-electron chi connectivity index (χ0n) is 14.9. The Bertz CT molecular complexity index is 1010. The van der Waals surface area contributed by atoms with Gasteiger partial charge < -0.3 is 9.73 Å². The fourth-order valence-corrected chi connectivity index (χ4v) is 5.09. The number of nitrogens with one attached hydrogen (secondary N) is 1. The smallest absolute Gasteiger partial charge is 0.275 e. The Kier molecular flexibility index (Phi) is 5.73. The SMILES string of the molecule is Cc1c(Cl)cc(S(=O)(=O)N2CCCC2C(=O)NCc2ccco2)cc1[N+](=O)[O-]. The molecule has 1 fully saturated rings. The van der Waals surface area contributed by atoms with Crippen LogP contribution in [0.1, 0.15) is 24.2 Å². The molecule has 150 valence electrons. The van der Waals surface area contributed by atoms with E-state index in [2.05, 4.69) is 5.32 Å². The van der Waals surface area contributed by atoms with Gasteiger partial charge in [-0.3, -0.25) is 14.9 Å². The molecule has 0 bridgehead atoms. The van der Waals surface area contributed by atoms with Crippen molar-refractivity contribution in [3.63, 3.8) is 0 Å². The average molecular weight is 428 g/mol. The maximum Gasteiger partial charge on any atom is 0.275 e. The van der Waals surface area contributed by atoms with Gasteiger partial charge >= 0.3 is 0 Å². The van der Waals surface area contributed by atoms with Crippen LogP contribution in [0.2, 0.25) is 5.02 Å². The van der Waals surface area contributed by atoms with Crippen LogP contribution >= 0.6 is 11.6 Å². The largest absolute Gasteiger partial charge is 0.467 e. The average Bonchev–Trinajstić information content (AvgIpc) is 3.33. The Hall–Kier alpha value is -2.43. The molecule has 9 nitrogen and oxygen atoms in total. The number of hydrogen-bond acceptors (Lipinski definition) is 6. The molecule has 2 heterocycles. The lowest BCUT2D eigenvalue weighted by atomic mass is 10.2. The molecule has 0 aliphatic carbocycles. The molecule has 28 heavy (non-hydrogen) atoms. The van der Waals surface area contributed by atoms with Crippen molar-refractivity contribution in [3.8, 4) is 0 Å². The van der Waals surface area contributed by atoms with Crippen LogP contribution in [0.25, 0.3) is 0 Å². The summed E-state index contributed by atoms with van der Waals surface area (Å²) in [6.07, 6.45) is 2.33. The topological polar surface area (TPSA) is 123 Å². The van der Waals surface area contributed by atoms with E-state index in [-0.39, 0.29) is 34.3 Å². The number of rotatable bonds is 6. The Morgan fingerprint density at radius 1 is 1.46 bits per heavy atom. The number of nitrogens with zero attached hydrogens (tertiary/aromatic N) is 2. The Labute approximate surface area is 166 Å². The molecule has 0 saturated carbocycles. The fraction of sp³-hybridized carbons (Fsp3) is 0.353. The van der Waals surface area contributed by atoms with Crippen LogP contribution in [0.5, 0.6) is 0 Å². The molecular weight excluding hydrogens is 410 g/mol. The van der Waals surface area contributed by atoms with Gasteiger partial charge in [-0.2, -0.15) is 4.31 Å². The highest BCUT2D eigenvalue weighted by Crippen LogP contribution is 2.33. The van der Waals surface area contributed by atoms with E-state index in [0.717, 1.165) is 10.4 Å². The number of carbonyl (C=O) groups is 1. The van der Waals surface area contributed by atoms with Crippen molar-refractivity contribution in [2.24, 2.45) is 0 Å². The third-order valence-electron chi connectivity index (χ3n) is 4.62. The molecule has 1 aliphatic rings. The number of halogens is 1. The lowest BCUT2D eigenvalue weighted by molar-refractivity contribution is -0.385. The van der Waals surface area contributed by atoms with E-state index >= 15 is 0 Å². The molecule has 1 unspecified atom stereocenters. The first-order chi connectivity index (χ1) is 13.2. The van der Waals surface area contributed by atoms with Crippen molar-refractivity contribution >= 4 is 33.2 Å². The van der Waals surface area contributed by atoms with E-state index in [1.165, 1.54) is 19.3 Å². The second-order valence-corrected chi connectivity index (χ2v) is 8.68. The van der Waals surface area contributed by atoms with Crippen LogP contribution in [0, 0.1) is 17.0 Å². The van der Waals surface area contributed by atoms with Crippen molar-refractivity contribution in [3.05, 3.63) is 57.0 Å². The Balaban J connectivity index is 1.86. The molecule has 0 radical (unpaired) electrons. The van der Waals surface area contributed by atoms with Gasteiger partial charge in [0.2, 0.25) is 15.9 Å². The van der Waals surface area contributed by atoms with E-state index in [0.29, 0.717) is 18.6 Å². The van der Waals surface area contributed by atoms with Gasteiger partial charge in [-0.15, -0.1) is 0 Å². The number of amides is 1. The van der Waals surface area contributed by atoms with Gasteiger partial charge in [0.1, 0.15) is 11.8 Å². The van der Waals surface area contributed by atoms with Crippen molar-refractivity contribution < 1.29 is 22.6 Å². The summed E-state index contributed by atoms with van der Waals surface area (Å²) in [4.78, 5) is 22.8. The second-order valence-electron chi connectivity index (χ2n) is 6.38. The monoisotopic (exact) mass is 427 g/mol. The minimum absolute atomic E-state index is 0.0224. The third kappa shape index (κ3) is 3.89. The molecule has 1 N–H and O–H groups in total. The zero-order chi connectivity index (χ0) is 20.5. The maximum absolute atomic E-state index is 13.1. The van der Waals surface area contributed by atoms with E-state index in [9.17, 15) is 23.3 Å². The number of carbonyl (C=O) groups excluding carboxylic acids is 1. The van der Waals surface area contributed by atoms with Crippen LogP contribution in [0.3, 0.4) is 0 Å². The van der Waals surface area contributed by atoms with Crippen molar-refractivity contribution in [2.45, 2.75) is 37.2 Å². The van der Waals surface area contributed by atoms with Gasteiger partial charge in [0.15, 0.2) is 0 Å². The molecule has 1 aromatic heterocycles. The van der Waals surface area contributed by atoms with E-state index in [1.807, 2.05) is 0 Å². The number of benzene rings is 1. The summed E-state index contributed by atoms with van der Waals surface area (Å²) in [6, 6.07) is 4.62. The van der Waals surface area contributed by atoms with Crippen molar-refractivity contribution in [1.29, 1.82) is 0 Å². The Morgan fingerprint density at radius 3 is 2.86 bits per heavy atom. The summed E-state index contributed by atoms with van der Waals surface area (Å²) >= 11 is 6.00. The molecule has 1 aliphatic heterocycles. The Morgan fingerprint density at radius 2 is 2.21 bits per heavy atom. The minimum atomic E-state index is -4.14. The molecule has 0 spiro atoms. The third-order valence-corrected chi connectivity index (χ3v) is 6.90. The molecule has 1 aromatic carbocycles. The summed E-state index contributed by atoms with van der Waals surface area (Å²) in [5.74, 6) is 0.0897. The van der Waals surface area contributed by atoms with Gasteiger partial charge in [-0.05, 0) is 38.0 Å². The number of hydrogen-bond donors (Lipinski definition) is 1. The van der Waals surface area contributed by atoms with E-state index in [1.54, 1.807) is 12.1 Å². The summed E-state index contributed by atoms with van der Waals surface area (Å²) in [7, 11) is -4.14. The standard InChI is InChI=1S/C17H18ClN3O6S/c1-11-14(18)8-13(9-16(11)21(23)24)28(25,26)20-6-2-5-15(20)17(22)19-10-12-4-3-7-27-12/h3-4,7-9,15H,2,5-6,10H2,1H3,(H,19,22). The van der Waals surface area contributed by atoms with Gasteiger partial charge in [-0.25, -0.2) is 8.42 Å². The zero-order valence-corrected chi connectivity index (χ0v) is 16.5. The summed E-state index contributed by atoms with van der Waals surface area (Å²) in [6.45, 7) is 1.72. The fourth-order valence-electron chi connectivity index (χ4n) is 3.11.